The van der Waals surface area contributed by atoms with Crippen molar-refractivity contribution in [2.24, 2.45) is 10.1 Å². The molecule has 0 saturated heterocycles. The quantitative estimate of drug-likeness (QED) is 0.325. The largest absolute Gasteiger partial charge is 0.493 e. The van der Waals surface area contributed by atoms with Crippen molar-refractivity contribution < 1.29 is 19.0 Å². The van der Waals surface area contributed by atoms with E-state index in [9.17, 15) is 4.79 Å². The number of rotatable bonds is 9. The smallest absolute Gasteiger partial charge is 0.283 e. The zero-order valence-corrected chi connectivity index (χ0v) is 22.1. The molecule has 0 unspecified atom stereocenters. The number of carbonyl (C=O) groups is 1. The number of nitrogens with zero attached hydrogens (tertiary/aromatic N) is 3. The lowest BCUT2D eigenvalue weighted by atomic mass is 10.1. The molecule has 0 aliphatic carbocycles. The van der Waals surface area contributed by atoms with Crippen molar-refractivity contribution in [1.29, 1.82) is 5.41 Å². The number of halogens is 1. The van der Waals surface area contributed by atoms with E-state index in [0.717, 1.165) is 29.2 Å². The van der Waals surface area contributed by atoms with Crippen molar-refractivity contribution in [3.05, 3.63) is 57.6 Å². The topological polar surface area (TPSA) is 96.6 Å². The Balaban J connectivity index is 1.47. The number of amides is 1. The molecule has 188 valence electrons. The second-order valence-corrected chi connectivity index (χ2v) is 9.69. The second kappa shape index (κ2) is 11.2. The molecule has 2 aliphatic heterocycles. The predicted octanol–water partition coefficient (Wildman–Crippen LogP) is 5.84. The molecule has 36 heavy (non-hydrogen) atoms. The summed E-state index contributed by atoms with van der Waals surface area (Å²) >= 11 is 7.83. The first-order valence-corrected chi connectivity index (χ1v) is 12.7. The number of hydrogen-bond donors (Lipinski definition) is 1. The van der Waals surface area contributed by atoms with Gasteiger partial charge in [0.05, 0.1) is 17.7 Å². The highest BCUT2D eigenvalue weighted by Crippen LogP contribution is 2.38. The molecule has 2 aliphatic rings. The highest BCUT2D eigenvalue weighted by atomic mass is 35.5. The van der Waals surface area contributed by atoms with E-state index in [1.807, 2.05) is 32.0 Å². The molecule has 0 radical (unpaired) electrons. The molecule has 0 bridgehead atoms. The first-order valence-electron chi connectivity index (χ1n) is 11.5. The molecule has 1 N–H and O–H groups in total. The van der Waals surface area contributed by atoms with E-state index < -0.39 is 5.91 Å². The summed E-state index contributed by atoms with van der Waals surface area (Å²) in [5.41, 5.74) is 3.06. The third kappa shape index (κ3) is 5.57. The van der Waals surface area contributed by atoms with Gasteiger partial charge in [0.15, 0.2) is 17.3 Å². The van der Waals surface area contributed by atoms with Gasteiger partial charge in [0.1, 0.15) is 24.0 Å². The van der Waals surface area contributed by atoms with Gasteiger partial charge in [-0.2, -0.15) is 15.1 Å². The van der Waals surface area contributed by atoms with Crippen molar-refractivity contribution in [2.75, 3.05) is 20.3 Å². The minimum absolute atomic E-state index is 0.0255. The van der Waals surface area contributed by atoms with Gasteiger partial charge in [-0.25, -0.2) is 0 Å². The maximum atomic E-state index is 12.7. The minimum atomic E-state index is -0.495. The highest BCUT2D eigenvalue weighted by molar-refractivity contribution is 8.26. The Labute approximate surface area is 219 Å². The number of ether oxygens (including phenoxy) is 3. The number of benzene rings is 2. The number of methoxy groups -OCH3 is 1. The molecule has 4 rings (SSSR count). The molecule has 2 aromatic carbocycles. The molecular weight excluding hydrogens is 500 g/mol. The zero-order chi connectivity index (χ0) is 25.8. The fourth-order valence-corrected chi connectivity index (χ4v) is 4.84. The Kier molecular flexibility index (Phi) is 8.01. The molecule has 0 atom stereocenters. The molecule has 0 aromatic heterocycles. The minimum Gasteiger partial charge on any atom is -0.493 e. The van der Waals surface area contributed by atoms with Crippen LogP contribution >= 0.6 is 23.4 Å². The van der Waals surface area contributed by atoms with Crippen molar-refractivity contribution in [3.63, 3.8) is 0 Å². The number of hydrogen-bond acceptors (Lipinski definition) is 7. The maximum absolute atomic E-state index is 12.7. The average molecular weight is 527 g/mol. The molecule has 2 aromatic rings. The summed E-state index contributed by atoms with van der Waals surface area (Å²) in [6, 6.07) is 9.27. The van der Waals surface area contributed by atoms with Gasteiger partial charge in [0.25, 0.3) is 5.91 Å². The summed E-state index contributed by atoms with van der Waals surface area (Å²) in [4.78, 5) is 16.8. The monoisotopic (exact) mass is 526 g/mol. The summed E-state index contributed by atoms with van der Waals surface area (Å²) < 4.78 is 17.1. The van der Waals surface area contributed by atoms with Crippen LogP contribution in [0.3, 0.4) is 0 Å². The van der Waals surface area contributed by atoms with Crippen LogP contribution in [-0.4, -0.2) is 47.3 Å². The molecule has 10 heteroatoms. The van der Waals surface area contributed by atoms with E-state index in [-0.39, 0.29) is 18.0 Å². The van der Waals surface area contributed by atoms with E-state index in [0.29, 0.717) is 33.9 Å². The third-order valence-corrected chi connectivity index (χ3v) is 6.85. The summed E-state index contributed by atoms with van der Waals surface area (Å²) in [6.45, 7) is 6.72. The standard InChI is InChI=1S/C26H27ClN4O4S/c1-5-6-22-30-31-24(28)19(25(32)29-26(31)36-22)12-17-13-20(27)23(21(14-17)33-4)35-10-9-34-18-8-7-15(2)16(3)11-18/h7-8,11-14,28H,5-6,9-10H2,1-4H3. The lowest BCUT2D eigenvalue weighted by molar-refractivity contribution is -0.114. The number of hydrazone groups is 1. The number of thioether (sulfide) groups is 1. The first-order chi connectivity index (χ1) is 17.3. The van der Waals surface area contributed by atoms with E-state index in [4.69, 9.17) is 31.2 Å². The number of aryl methyl sites for hydroxylation is 2. The van der Waals surface area contributed by atoms with E-state index in [1.54, 1.807) is 18.2 Å². The lowest BCUT2D eigenvalue weighted by Gasteiger charge is -2.20. The number of fused-ring (bicyclic) bond motifs is 1. The summed E-state index contributed by atoms with van der Waals surface area (Å²) in [5.74, 6) is 1.03. The molecule has 2 heterocycles. The SMILES string of the molecule is CCCC1=NN2C(=N)C(=Cc3cc(Cl)c(OCCOc4ccc(C)c(C)c4)c(OC)c3)C(=O)N=C2S1. The summed E-state index contributed by atoms with van der Waals surface area (Å²) in [7, 11) is 1.51. The van der Waals surface area contributed by atoms with Gasteiger partial charge in [-0.1, -0.05) is 24.6 Å². The van der Waals surface area contributed by atoms with Crippen LogP contribution in [0.15, 0.2) is 46.0 Å². The molecule has 0 fully saturated rings. The van der Waals surface area contributed by atoms with Gasteiger partial charge in [-0.05, 0) is 85.5 Å². The Hall–Kier alpha value is -3.30. The van der Waals surface area contributed by atoms with Crippen LogP contribution in [0.25, 0.3) is 6.08 Å². The van der Waals surface area contributed by atoms with E-state index in [1.165, 1.54) is 29.4 Å². The van der Waals surface area contributed by atoms with Gasteiger partial charge < -0.3 is 14.2 Å². The molecule has 1 amide bonds. The Bertz CT molecular complexity index is 1310. The van der Waals surface area contributed by atoms with Crippen LogP contribution in [-0.2, 0) is 4.79 Å². The lowest BCUT2D eigenvalue weighted by Crippen LogP contribution is -2.35. The predicted molar refractivity (Wildman–Crippen MR) is 145 cm³/mol. The van der Waals surface area contributed by atoms with Crippen molar-refractivity contribution >= 4 is 51.4 Å². The highest BCUT2D eigenvalue weighted by Gasteiger charge is 2.35. The second-order valence-electron chi connectivity index (χ2n) is 8.24. The van der Waals surface area contributed by atoms with Crippen LogP contribution in [0.1, 0.15) is 36.5 Å². The number of aliphatic imine (C=N–C) groups is 1. The third-order valence-electron chi connectivity index (χ3n) is 5.60. The van der Waals surface area contributed by atoms with Gasteiger partial charge in [-0.15, -0.1) is 0 Å². The van der Waals surface area contributed by atoms with E-state index in [2.05, 4.69) is 17.0 Å². The van der Waals surface area contributed by atoms with Gasteiger partial charge in [0.2, 0.25) is 5.17 Å². The fourth-order valence-electron chi connectivity index (χ4n) is 3.58. The van der Waals surface area contributed by atoms with Gasteiger partial charge in [-0.3, -0.25) is 10.2 Å². The number of amidine groups is 2. The van der Waals surface area contributed by atoms with Crippen molar-refractivity contribution in [2.45, 2.75) is 33.6 Å². The molecule has 8 nitrogen and oxygen atoms in total. The maximum Gasteiger partial charge on any atom is 0.283 e. The first kappa shape index (κ1) is 25.8. The normalized spacial score (nSPS) is 16.1. The Morgan fingerprint density at radius 1 is 1.14 bits per heavy atom. The van der Waals surface area contributed by atoms with Crippen molar-refractivity contribution in [3.8, 4) is 17.2 Å². The molecule has 0 spiro atoms. The Morgan fingerprint density at radius 3 is 2.64 bits per heavy atom. The molecule has 0 saturated carbocycles. The van der Waals surface area contributed by atoms with Crippen LogP contribution in [0.2, 0.25) is 5.02 Å². The van der Waals surface area contributed by atoms with E-state index >= 15 is 0 Å². The van der Waals surface area contributed by atoms with Crippen LogP contribution < -0.4 is 14.2 Å². The Morgan fingerprint density at radius 2 is 1.92 bits per heavy atom. The number of nitrogens with one attached hydrogen (secondary N) is 1. The zero-order valence-electron chi connectivity index (χ0n) is 20.6. The summed E-state index contributed by atoms with van der Waals surface area (Å²) in [5, 5.41) is 15.9. The van der Waals surface area contributed by atoms with Gasteiger partial charge in [0, 0.05) is 0 Å². The van der Waals surface area contributed by atoms with Crippen LogP contribution in [0.4, 0.5) is 0 Å². The fraction of sp³-hybridized carbons (Fsp3) is 0.308. The van der Waals surface area contributed by atoms with Crippen LogP contribution in [0, 0.1) is 19.3 Å². The van der Waals surface area contributed by atoms with Crippen LogP contribution in [0.5, 0.6) is 17.2 Å². The molecular formula is C26H27ClN4O4S. The number of carbonyl (C=O) groups excluding carboxylic acids is 1. The summed E-state index contributed by atoms with van der Waals surface area (Å²) in [6.07, 6.45) is 3.25. The average Bonchev–Trinajstić information content (AvgIpc) is 3.25. The van der Waals surface area contributed by atoms with Crippen molar-refractivity contribution in [1.82, 2.24) is 5.01 Å². The van der Waals surface area contributed by atoms with Gasteiger partial charge >= 0.3 is 0 Å².